The van der Waals surface area contributed by atoms with Gasteiger partial charge in [-0.15, -0.1) is 0 Å². The average Bonchev–Trinajstić information content (AvgIpc) is 1.63. The van der Waals surface area contributed by atoms with Gasteiger partial charge in [-0.05, 0) is 5.41 Å². The van der Waals surface area contributed by atoms with Gasteiger partial charge in [-0.3, -0.25) is 0 Å². The lowest BCUT2D eigenvalue weighted by Gasteiger charge is -2.50. The second-order valence-corrected chi connectivity index (χ2v) is 3.71. The smallest absolute Gasteiger partial charge is 0.210 e. The average molecular weight is 132 g/mol. The Morgan fingerprint density at radius 1 is 1.56 bits per heavy atom. The van der Waals surface area contributed by atoms with Gasteiger partial charge in [-0.2, -0.15) is 0 Å². The van der Waals surface area contributed by atoms with Crippen LogP contribution in [0.2, 0.25) is 0 Å². The minimum atomic E-state index is -1.89. The molecule has 2 atom stereocenters. The van der Waals surface area contributed by atoms with Gasteiger partial charge >= 0.3 is 0 Å². The van der Waals surface area contributed by atoms with Crippen molar-refractivity contribution in [2.24, 2.45) is 11.3 Å². The minimum absolute atomic E-state index is 0.0104. The molecule has 0 heterocycles. The number of halogens is 1. The van der Waals surface area contributed by atoms with Gasteiger partial charge in [0.15, 0.2) is 0 Å². The molecular formula is C7H13FO. The zero-order valence-electron chi connectivity index (χ0n) is 6.11. The molecule has 0 amide bonds. The molecule has 0 radical (unpaired) electrons. The van der Waals surface area contributed by atoms with Gasteiger partial charge in [0, 0.05) is 12.3 Å². The Hall–Kier alpha value is -0.110. The zero-order valence-corrected chi connectivity index (χ0v) is 6.11. The largest absolute Gasteiger partial charge is 0.361 e. The minimum Gasteiger partial charge on any atom is -0.361 e. The number of hydrogen-bond donors (Lipinski definition) is 1. The van der Waals surface area contributed by atoms with Crippen molar-refractivity contribution < 1.29 is 9.50 Å². The molecule has 0 aromatic rings. The van der Waals surface area contributed by atoms with Gasteiger partial charge in [-0.1, -0.05) is 20.8 Å². The van der Waals surface area contributed by atoms with Crippen LogP contribution in [0, 0.1) is 11.3 Å². The van der Waals surface area contributed by atoms with Gasteiger partial charge in [0.05, 0.1) is 0 Å². The summed E-state index contributed by atoms with van der Waals surface area (Å²) in [6.45, 7) is 5.67. The van der Waals surface area contributed by atoms with Crippen LogP contribution in [0.4, 0.5) is 4.39 Å². The first-order chi connectivity index (χ1) is 3.86. The van der Waals surface area contributed by atoms with Crippen molar-refractivity contribution in [2.45, 2.75) is 33.0 Å². The van der Waals surface area contributed by atoms with Gasteiger partial charge < -0.3 is 5.11 Å². The van der Waals surface area contributed by atoms with Crippen LogP contribution < -0.4 is 0 Å². The first kappa shape index (κ1) is 7.00. The highest BCUT2D eigenvalue weighted by Crippen LogP contribution is 2.53. The van der Waals surface area contributed by atoms with Crippen LogP contribution >= 0.6 is 0 Å². The second-order valence-electron chi connectivity index (χ2n) is 3.71. The fourth-order valence-corrected chi connectivity index (χ4v) is 1.41. The van der Waals surface area contributed by atoms with E-state index in [0.29, 0.717) is 0 Å². The number of alkyl halides is 1. The highest BCUT2D eigenvalue weighted by Gasteiger charge is 2.56. The molecule has 1 aliphatic carbocycles. The van der Waals surface area contributed by atoms with E-state index in [-0.39, 0.29) is 17.8 Å². The molecule has 1 rings (SSSR count). The molecule has 0 aromatic heterocycles. The van der Waals surface area contributed by atoms with Crippen molar-refractivity contribution in [3.8, 4) is 0 Å². The SMILES string of the molecule is CC1C(C)(C)CC1(O)F. The van der Waals surface area contributed by atoms with Crippen molar-refractivity contribution in [3.63, 3.8) is 0 Å². The van der Waals surface area contributed by atoms with Crippen molar-refractivity contribution in [3.05, 3.63) is 0 Å². The highest BCUT2D eigenvalue weighted by atomic mass is 19.2. The van der Waals surface area contributed by atoms with Crippen molar-refractivity contribution in [2.75, 3.05) is 0 Å². The Morgan fingerprint density at radius 2 is 2.00 bits per heavy atom. The van der Waals surface area contributed by atoms with E-state index >= 15 is 0 Å². The van der Waals surface area contributed by atoms with Crippen LogP contribution in [0.1, 0.15) is 27.2 Å². The van der Waals surface area contributed by atoms with Crippen LogP contribution in [-0.2, 0) is 0 Å². The lowest BCUT2D eigenvalue weighted by Crippen LogP contribution is -2.54. The number of aliphatic hydroxyl groups is 1. The van der Waals surface area contributed by atoms with Crippen molar-refractivity contribution in [1.29, 1.82) is 0 Å². The van der Waals surface area contributed by atoms with Crippen molar-refractivity contribution in [1.82, 2.24) is 0 Å². The lowest BCUT2D eigenvalue weighted by atomic mass is 9.60. The summed E-state index contributed by atoms with van der Waals surface area (Å²) in [7, 11) is 0. The second kappa shape index (κ2) is 1.48. The summed E-state index contributed by atoms with van der Waals surface area (Å²) < 4.78 is 12.6. The standard InChI is InChI=1S/C7H13FO/c1-5-6(2,3)4-7(5,8)9/h5,9H,4H2,1-3H3. The molecule has 2 unspecified atom stereocenters. The fraction of sp³-hybridized carbons (Fsp3) is 1.00. The lowest BCUT2D eigenvalue weighted by molar-refractivity contribution is -0.254. The Morgan fingerprint density at radius 3 is 2.00 bits per heavy atom. The molecule has 1 nitrogen and oxygen atoms in total. The Bertz CT molecular complexity index is 115. The van der Waals surface area contributed by atoms with Crippen LogP contribution in [0.15, 0.2) is 0 Å². The maximum atomic E-state index is 12.6. The Labute approximate surface area is 54.9 Å². The van der Waals surface area contributed by atoms with Gasteiger partial charge in [0.25, 0.3) is 0 Å². The molecule has 1 fully saturated rings. The summed E-state index contributed by atoms with van der Waals surface area (Å²) in [5.74, 6) is -2.10. The van der Waals surface area contributed by atoms with E-state index in [1.807, 2.05) is 13.8 Å². The van der Waals surface area contributed by atoms with Gasteiger partial charge in [-0.25, -0.2) is 4.39 Å². The van der Waals surface area contributed by atoms with E-state index in [9.17, 15) is 4.39 Å². The maximum Gasteiger partial charge on any atom is 0.210 e. The molecule has 0 spiro atoms. The summed E-state index contributed by atoms with van der Waals surface area (Å²) in [6, 6.07) is 0. The van der Waals surface area contributed by atoms with E-state index in [1.165, 1.54) is 0 Å². The Kier molecular flexibility index (Phi) is 1.15. The summed E-state index contributed by atoms with van der Waals surface area (Å²) in [5, 5.41) is 8.85. The molecule has 0 bridgehead atoms. The third kappa shape index (κ3) is 0.855. The van der Waals surface area contributed by atoms with Gasteiger partial charge in [0.2, 0.25) is 5.85 Å². The topological polar surface area (TPSA) is 20.2 Å². The predicted octanol–water partition coefficient (Wildman–Crippen LogP) is 1.71. The van der Waals surface area contributed by atoms with Crippen LogP contribution in [-0.4, -0.2) is 11.0 Å². The summed E-state index contributed by atoms with van der Waals surface area (Å²) in [4.78, 5) is 0. The first-order valence-electron chi connectivity index (χ1n) is 3.27. The quantitative estimate of drug-likeness (QED) is 0.532. The molecule has 0 saturated heterocycles. The zero-order chi connectivity index (χ0) is 7.28. The van der Waals surface area contributed by atoms with Crippen LogP contribution in [0.3, 0.4) is 0 Å². The molecule has 2 heteroatoms. The molecule has 54 valence electrons. The predicted molar refractivity (Wildman–Crippen MR) is 33.6 cm³/mol. The van der Waals surface area contributed by atoms with Gasteiger partial charge in [0.1, 0.15) is 0 Å². The molecular weight excluding hydrogens is 119 g/mol. The molecule has 0 aromatic carbocycles. The monoisotopic (exact) mass is 132 g/mol. The van der Waals surface area contributed by atoms with E-state index in [4.69, 9.17) is 5.11 Å². The third-order valence-electron chi connectivity index (χ3n) is 2.54. The number of rotatable bonds is 0. The maximum absolute atomic E-state index is 12.6. The number of hydrogen-bond acceptors (Lipinski definition) is 1. The Balaban J connectivity index is 2.62. The summed E-state index contributed by atoms with van der Waals surface area (Å²) in [5.41, 5.74) is -0.0104. The highest BCUT2D eigenvalue weighted by molar-refractivity contribution is 4.98. The fourth-order valence-electron chi connectivity index (χ4n) is 1.41. The normalized spacial score (nSPS) is 48.3. The van der Waals surface area contributed by atoms with Crippen LogP contribution in [0.5, 0.6) is 0 Å². The third-order valence-corrected chi connectivity index (χ3v) is 2.54. The molecule has 9 heavy (non-hydrogen) atoms. The molecule has 0 aliphatic heterocycles. The van der Waals surface area contributed by atoms with E-state index in [0.717, 1.165) is 0 Å². The first-order valence-corrected chi connectivity index (χ1v) is 3.27. The summed E-state index contributed by atoms with van der Waals surface area (Å²) in [6.07, 6.45) is 0.279. The van der Waals surface area contributed by atoms with E-state index in [2.05, 4.69) is 0 Å². The molecule has 1 aliphatic rings. The molecule has 1 N–H and O–H groups in total. The van der Waals surface area contributed by atoms with Crippen LogP contribution in [0.25, 0.3) is 0 Å². The van der Waals surface area contributed by atoms with E-state index in [1.54, 1.807) is 6.92 Å². The van der Waals surface area contributed by atoms with Crippen molar-refractivity contribution >= 4 is 0 Å². The summed E-state index contributed by atoms with van der Waals surface area (Å²) >= 11 is 0. The van der Waals surface area contributed by atoms with E-state index < -0.39 is 5.85 Å². The molecule has 1 saturated carbocycles.